The number of benzene rings is 2. The van der Waals surface area contributed by atoms with Gasteiger partial charge in [-0.05, 0) is 30.2 Å². The Morgan fingerprint density at radius 2 is 1.79 bits per heavy atom. The molecule has 3 rings (SSSR count). The van der Waals surface area contributed by atoms with Crippen LogP contribution in [0.1, 0.15) is 12.0 Å². The van der Waals surface area contributed by atoms with Crippen molar-refractivity contribution in [2.75, 3.05) is 5.32 Å². The fourth-order valence-electron chi connectivity index (χ4n) is 2.18. The molecule has 6 nitrogen and oxygen atoms in total. The zero-order chi connectivity index (χ0) is 20.7. The van der Waals surface area contributed by atoms with Crippen molar-refractivity contribution in [3.05, 3.63) is 59.1 Å². The number of halogens is 4. The van der Waals surface area contributed by atoms with E-state index in [1.807, 2.05) is 36.4 Å². The number of nitrogens with zero attached hydrogens (tertiary/aromatic N) is 1. The number of aryl methyl sites for hydroxylation is 1. The molecule has 1 aromatic heterocycles. The van der Waals surface area contributed by atoms with Crippen molar-refractivity contribution >= 4 is 40.2 Å². The second-order valence-electron chi connectivity index (χ2n) is 5.60. The van der Waals surface area contributed by atoms with Gasteiger partial charge in [-0.2, -0.15) is 18.3 Å². The summed E-state index contributed by atoms with van der Waals surface area (Å²) in [5.41, 5.74) is 1.95. The molecule has 0 radical (unpaired) electrons. The summed E-state index contributed by atoms with van der Waals surface area (Å²) in [6.07, 6.45) is -3.95. The summed E-state index contributed by atoms with van der Waals surface area (Å²) >= 11 is 5.92. The van der Waals surface area contributed by atoms with Gasteiger partial charge in [0, 0.05) is 16.8 Å². The average molecular weight is 414 g/mol. The minimum atomic E-state index is -5.08. The van der Waals surface area contributed by atoms with Gasteiger partial charge in [-0.1, -0.05) is 41.9 Å². The van der Waals surface area contributed by atoms with Gasteiger partial charge in [0.25, 0.3) is 0 Å². The van der Waals surface area contributed by atoms with Crippen molar-refractivity contribution in [2.45, 2.75) is 19.0 Å². The highest BCUT2D eigenvalue weighted by Crippen LogP contribution is 2.23. The largest absolute Gasteiger partial charge is 0.490 e. The molecule has 0 fully saturated rings. The topological polar surface area (TPSA) is 95.1 Å². The molecule has 0 unspecified atom stereocenters. The predicted octanol–water partition coefficient (Wildman–Crippen LogP) is 4.42. The van der Waals surface area contributed by atoms with E-state index in [2.05, 4.69) is 15.5 Å². The Balaban J connectivity index is 0.000000345. The third kappa shape index (κ3) is 6.27. The van der Waals surface area contributed by atoms with Crippen molar-refractivity contribution < 1.29 is 27.9 Å². The van der Waals surface area contributed by atoms with E-state index in [4.69, 9.17) is 21.5 Å². The molecule has 0 atom stereocenters. The molecule has 0 aliphatic carbocycles. The molecule has 3 aromatic rings. The molecule has 0 spiro atoms. The fraction of sp³-hybridized carbons (Fsp3) is 0.167. The fourth-order valence-corrected chi connectivity index (χ4v) is 2.36. The number of H-pyrrole nitrogens is 1. The Bertz CT molecular complexity index is 959. The quantitative estimate of drug-likeness (QED) is 0.590. The Hall–Kier alpha value is -3.07. The van der Waals surface area contributed by atoms with Gasteiger partial charge in [0.05, 0.1) is 5.52 Å². The minimum Gasteiger partial charge on any atom is -0.475 e. The zero-order valence-corrected chi connectivity index (χ0v) is 15.0. The summed E-state index contributed by atoms with van der Waals surface area (Å²) < 4.78 is 31.7. The number of amides is 1. The SMILES string of the molecule is O=C(CCc1ccccc1)Nc1n[nH]c2cc(Cl)ccc12.O=C(O)C(F)(F)F. The van der Waals surface area contributed by atoms with Crippen LogP contribution in [-0.4, -0.2) is 33.4 Å². The molecule has 2 aromatic carbocycles. The summed E-state index contributed by atoms with van der Waals surface area (Å²) in [4.78, 5) is 20.9. The van der Waals surface area contributed by atoms with E-state index in [0.29, 0.717) is 23.7 Å². The Morgan fingerprint density at radius 1 is 1.14 bits per heavy atom. The highest BCUT2D eigenvalue weighted by Gasteiger charge is 2.38. The molecule has 10 heteroatoms. The monoisotopic (exact) mass is 413 g/mol. The Labute approximate surface area is 162 Å². The number of alkyl halides is 3. The van der Waals surface area contributed by atoms with Gasteiger partial charge in [0.15, 0.2) is 5.82 Å². The maximum Gasteiger partial charge on any atom is 0.490 e. The molecular weight excluding hydrogens is 399 g/mol. The van der Waals surface area contributed by atoms with Crippen molar-refractivity contribution in [1.82, 2.24) is 10.2 Å². The minimum absolute atomic E-state index is 0.0535. The number of anilines is 1. The first-order chi connectivity index (χ1) is 13.2. The van der Waals surface area contributed by atoms with Crippen molar-refractivity contribution in [3.8, 4) is 0 Å². The molecule has 0 aliphatic heterocycles. The lowest BCUT2D eigenvalue weighted by molar-refractivity contribution is -0.192. The van der Waals surface area contributed by atoms with E-state index in [0.717, 1.165) is 16.5 Å². The van der Waals surface area contributed by atoms with Crippen molar-refractivity contribution in [2.24, 2.45) is 0 Å². The van der Waals surface area contributed by atoms with Crippen molar-refractivity contribution in [1.29, 1.82) is 0 Å². The van der Waals surface area contributed by atoms with E-state index in [9.17, 15) is 18.0 Å². The van der Waals surface area contributed by atoms with Crippen molar-refractivity contribution in [3.63, 3.8) is 0 Å². The van der Waals surface area contributed by atoms with E-state index < -0.39 is 12.1 Å². The number of carboxylic acids is 1. The van der Waals surface area contributed by atoms with Gasteiger partial charge >= 0.3 is 12.1 Å². The molecule has 1 amide bonds. The summed E-state index contributed by atoms with van der Waals surface area (Å²) in [6, 6.07) is 15.3. The normalized spacial score (nSPS) is 10.9. The number of hydrogen-bond donors (Lipinski definition) is 3. The predicted molar refractivity (Wildman–Crippen MR) is 98.2 cm³/mol. The van der Waals surface area contributed by atoms with Crippen LogP contribution in [0.2, 0.25) is 5.02 Å². The number of carboxylic acid groups (broad SMARTS) is 1. The maximum absolute atomic E-state index is 12.0. The summed E-state index contributed by atoms with van der Waals surface area (Å²) in [7, 11) is 0. The van der Waals surface area contributed by atoms with Gasteiger partial charge in [0.1, 0.15) is 0 Å². The highest BCUT2D eigenvalue weighted by atomic mass is 35.5. The number of aromatic amines is 1. The lowest BCUT2D eigenvalue weighted by atomic mass is 10.1. The standard InChI is InChI=1S/C16H14ClN3O.C2HF3O2/c17-12-7-8-13-14(10-12)19-20-16(13)18-15(21)9-6-11-4-2-1-3-5-11;3-2(4,5)1(6)7/h1-5,7-8,10H,6,9H2,(H2,18,19,20,21);(H,6,7). The van der Waals surface area contributed by atoms with Crippen LogP contribution in [0, 0.1) is 0 Å². The van der Waals surface area contributed by atoms with Gasteiger partial charge in [-0.15, -0.1) is 0 Å². The van der Waals surface area contributed by atoms with Crippen LogP contribution in [0.3, 0.4) is 0 Å². The lowest BCUT2D eigenvalue weighted by Gasteiger charge is -2.03. The highest BCUT2D eigenvalue weighted by molar-refractivity contribution is 6.31. The van der Waals surface area contributed by atoms with Crippen LogP contribution in [0.15, 0.2) is 48.5 Å². The number of aromatic nitrogens is 2. The molecule has 0 aliphatic rings. The maximum atomic E-state index is 12.0. The zero-order valence-electron chi connectivity index (χ0n) is 14.3. The molecular formula is C18H15ClF3N3O3. The third-order valence-corrected chi connectivity index (χ3v) is 3.74. The van der Waals surface area contributed by atoms with Crippen LogP contribution < -0.4 is 5.32 Å². The molecule has 0 saturated heterocycles. The second kappa shape index (κ2) is 9.23. The molecule has 28 heavy (non-hydrogen) atoms. The summed E-state index contributed by atoms with van der Waals surface area (Å²) in [6.45, 7) is 0. The van der Waals surface area contributed by atoms with E-state index in [-0.39, 0.29) is 5.91 Å². The van der Waals surface area contributed by atoms with Gasteiger partial charge < -0.3 is 10.4 Å². The number of carbonyl (C=O) groups excluding carboxylic acids is 1. The first-order valence-electron chi connectivity index (χ1n) is 7.94. The van der Waals surface area contributed by atoms with E-state index in [1.54, 1.807) is 12.1 Å². The number of nitrogens with one attached hydrogen (secondary N) is 2. The number of carbonyl (C=O) groups is 2. The Kier molecular flexibility index (Phi) is 7.00. The molecule has 1 heterocycles. The lowest BCUT2D eigenvalue weighted by Crippen LogP contribution is -2.21. The van der Waals surface area contributed by atoms with E-state index >= 15 is 0 Å². The number of fused-ring (bicyclic) bond motifs is 1. The third-order valence-electron chi connectivity index (χ3n) is 3.51. The van der Waals surface area contributed by atoms with Crippen LogP contribution in [0.25, 0.3) is 10.9 Å². The van der Waals surface area contributed by atoms with Gasteiger partial charge in [0.2, 0.25) is 5.91 Å². The number of aliphatic carboxylic acids is 1. The van der Waals surface area contributed by atoms with Crippen LogP contribution >= 0.6 is 11.6 Å². The summed E-state index contributed by atoms with van der Waals surface area (Å²) in [5.74, 6) is -2.27. The second-order valence-corrected chi connectivity index (χ2v) is 6.04. The Morgan fingerprint density at radius 3 is 2.39 bits per heavy atom. The van der Waals surface area contributed by atoms with Crippen LogP contribution in [-0.2, 0) is 16.0 Å². The smallest absolute Gasteiger partial charge is 0.475 e. The molecule has 3 N–H and O–H groups in total. The van der Waals surface area contributed by atoms with E-state index in [1.165, 1.54) is 0 Å². The summed E-state index contributed by atoms with van der Waals surface area (Å²) in [5, 5.41) is 18.4. The van der Waals surface area contributed by atoms with Gasteiger partial charge in [-0.25, -0.2) is 4.79 Å². The van der Waals surface area contributed by atoms with Crippen LogP contribution in [0.5, 0.6) is 0 Å². The number of rotatable bonds is 4. The first-order valence-corrected chi connectivity index (χ1v) is 8.32. The number of hydrogen-bond acceptors (Lipinski definition) is 3. The average Bonchev–Trinajstić information content (AvgIpc) is 3.02. The van der Waals surface area contributed by atoms with Gasteiger partial charge in [-0.3, -0.25) is 9.89 Å². The molecule has 0 saturated carbocycles. The molecule has 148 valence electrons. The molecule has 0 bridgehead atoms. The van der Waals surface area contributed by atoms with Crippen LogP contribution in [0.4, 0.5) is 19.0 Å². The first kappa shape index (κ1) is 21.2.